The Morgan fingerprint density at radius 1 is 0.583 bits per heavy atom. The van der Waals surface area contributed by atoms with E-state index in [1.54, 1.807) is 0 Å². The third kappa shape index (κ3) is 2.26. The van der Waals surface area contributed by atoms with Crippen LogP contribution >= 0.6 is 0 Å². The molecule has 0 spiro atoms. The van der Waals surface area contributed by atoms with Crippen LogP contribution in [0.5, 0.6) is 0 Å². The molecule has 0 N–H and O–H groups in total. The Hall–Kier alpha value is -2.74. The van der Waals surface area contributed by atoms with Crippen LogP contribution < -0.4 is 0 Å². The lowest BCUT2D eigenvalue weighted by atomic mass is 9.75. The molecule has 4 rings (SSSR count). The second-order valence-corrected chi connectivity index (χ2v) is 6.35. The molecule has 2 aliphatic rings. The van der Waals surface area contributed by atoms with Crippen LogP contribution in [0.4, 0.5) is 0 Å². The molecule has 0 radical (unpaired) electrons. The van der Waals surface area contributed by atoms with Gasteiger partial charge in [-0.1, -0.05) is 48.5 Å². The maximum Gasteiger partial charge on any atom is 0.146 e. The quantitative estimate of drug-likeness (QED) is 0.796. The van der Waals surface area contributed by atoms with E-state index in [-0.39, 0.29) is 0 Å². The topological polar surface area (TPSA) is 34.1 Å². The summed E-state index contributed by atoms with van der Waals surface area (Å²) in [6.45, 7) is 0. The van der Waals surface area contributed by atoms with E-state index >= 15 is 0 Å². The Kier molecular flexibility index (Phi) is 3.73. The molecule has 0 saturated carbocycles. The highest BCUT2D eigenvalue weighted by Crippen LogP contribution is 2.44. The highest BCUT2D eigenvalue weighted by atomic mass is 16.1. The van der Waals surface area contributed by atoms with E-state index in [1.807, 2.05) is 24.3 Å². The molecule has 2 aromatic carbocycles. The average molecular weight is 314 g/mol. The number of carbonyl (C=O) groups excluding carboxylic acids is 2. The Bertz CT molecular complexity index is 824. The average Bonchev–Trinajstić information content (AvgIpc) is 2.66. The summed E-state index contributed by atoms with van der Waals surface area (Å²) in [7, 11) is 0. The van der Waals surface area contributed by atoms with Crippen LogP contribution in [0.3, 0.4) is 0 Å². The van der Waals surface area contributed by atoms with Gasteiger partial charge in [-0.2, -0.15) is 0 Å². The van der Waals surface area contributed by atoms with Crippen molar-refractivity contribution in [2.75, 3.05) is 0 Å². The second kappa shape index (κ2) is 6.04. The minimum absolute atomic E-state index is 0.730. The summed E-state index contributed by atoms with van der Waals surface area (Å²) in [5.41, 5.74) is 8.22. The van der Waals surface area contributed by atoms with Crippen molar-refractivity contribution in [3.8, 4) is 0 Å². The van der Waals surface area contributed by atoms with Crippen molar-refractivity contribution in [1.29, 1.82) is 0 Å². The van der Waals surface area contributed by atoms with Crippen LogP contribution in [0.25, 0.3) is 11.1 Å². The molecule has 2 aromatic rings. The van der Waals surface area contributed by atoms with Gasteiger partial charge in [0.2, 0.25) is 0 Å². The van der Waals surface area contributed by atoms with Gasteiger partial charge in [-0.05, 0) is 59.1 Å². The summed E-state index contributed by atoms with van der Waals surface area (Å²) in [6.07, 6.45) is 5.15. The molecule has 2 heteroatoms. The second-order valence-electron chi connectivity index (χ2n) is 6.35. The highest BCUT2D eigenvalue weighted by Gasteiger charge is 2.27. The van der Waals surface area contributed by atoms with Gasteiger partial charge in [-0.25, -0.2) is 0 Å². The Morgan fingerprint density at radius 2 is 1.00 bits per heavy atom. The molecule has 118 valence electrons. The molecule has 24 heavy (non-hydrogen) atoms. The standard InChI is InChI=1S/C22H18O2/c23-13-17-11-9-15-5-1-3-7-19(15)21(17)22-18(14-24)12-10-16-6-2-4-8-20(16)22/h1-8,13-14H,9-12H2. The highest BCUT2D eigenvalue weighted by molar-refractivity contribution is 6.17. The number of aryl methyl sites for hydroxylation is 2. The maximum atomic E-state index is 11.8. The zero-order chi connectivity index (χ0) is 16.5. The van der Waals surface area contributed by atoms with Gasteiger partial charge in [0.1, 0.15) is 12.6 Å². The summed E-state index contributed by atoms with van der Waals surface area (Å²) < 4.78 is 0. The van der Waals surface area contributed by atoms with Gasteiger partial charge in [-0.3, -0.25) is 9.59 Å². The molecule has 0 bridgehead atoms. The third-order valence-corrected chi connectivity index (χ3v) is 5.08. The summed E-state index contributed by atoms with van der Waals surface area (Å²) in [6, 6.07) is 16.4. The van der Waals surface area contributed by atoms with E-state index in [0.717, 1.165) is 71.7 Å². The lowest BCUT2D eigenvalue weighted by Gasteiger charge is -2.28. The van der Waals surface area contributed by atoms with Crippen molar-refractivity contribution >= 4 is 23.7 Å². The van der Waals surface area contributed by atoms with Crippen LogP contribution in [0, 0.1) is 0 Å². The molecule has 0 saturated heterocycles. The molecular formula is C22H18O2. The largest absolute Gasteiger partial charge is 0.298 e. The fourth-order valence-electron chi connectivity index (χ4n) is 3.93. The van der Waals surface area contributed by atoms with Crippen molar-refractivity contribution in [3.05, 3.63) is 81.9 Å². The monoisotopic (exact) mass is 314 g/mol. The van der Waals surface area contributed by atoms with Crippen LogP contribution in [0.2, 0.25) is 0 Å². The molecule has 0 atom stereocenters. The lowest BCUT2D eigenvalue weighted by Crippen LogP contribution is -2.13. The number of carbonyl (C=O) groups is 2. The Balaban J connectivity index is 2.04. The molecular weight excluding hydrogens is 296 g/mol. The number of rotatable bonds is 3. The van der Waals surface area contributed by atoms with Gasteiger partial charge in [0.05, 0.1) is 0 Å². The zero-order valence-electron chi connectivity index (χ0n) is 13.4. The van der Waals surface area contributed by atoms with Crippen LogP contribution in [-0.4, -0.2) is 12.6 Å². The summed E-state index contributed by atoms with van der Waals surface area (Å²) in [5.74, 6) is 0. The zero-order valence-corrected chi connectivity index (χ0v) is 13.4. The van der Waals surface area contributed by atoms with Gasteiger partial charge in [0.25, 0.3) is 0 Å². The molecule has 0 unspecified atom stereocenters. The molecule has 2 nitrogen and oxygen atoms in total. The molecule has 0 amide bonds. The Morgan fingerprint density at radius 3 is 1.42 bits per heavy atom. The fraction of sp³-hybridized carbons (Fsp3) is 0.182. The minimum Gasteiger partial charge on any atom is -0.298 e. The van der Waals surface area contributed by atoms with E-state index in [1.165, 1.54) is 11.1 Å². The van der Waals surface area contributed by atoms with Crippen molar-refractivity contribution < 1.29 is 9.59 Å². The van der Waals surface area contributed by atoms with Gasteiger partial charge < -0.3 is 0 Å². The predicted octanol–water partition coefficient (Wildman–Crippen LogP) is 4.18. The van der Waals surface area contributed by atoms with E-state index in [4.69, 9.17) is 0 Å². The van der Waals surface area contributed by atoms with Crippen molar-refractivity contribution in [3.63, 3.8) is 0 Å². The first-order chi connectivity index (χ1) is 11.8. The molecule has 0 aliphatic heterocycles. The number of benzene rings is 2. The van der Waals surface area contributed by atoms with Crippen LogP contribution in [0.1, 0.15) is 35.1 Å². The third-order valence-electron chi connectivity index (χ3n) is 5.08. The van der Waals surface area contributed by atoms with Gasteiger partial charge >= 0.3 is 0 Å². The van der Waals surface area contributed by atoms with E-state index in [2.05, 4.69) is 24.3 Å². The number of hydrogen-bond donors (Lipinski definition) is 0. The lowest BCUT2D eigenvalue weighted by molar-refractivity contribution is -0.105. The van der Waals surface area contributed by atoms with Gasteiger partial charge in [0, 0.05) is 11.1 Å². The predicted molar refractivity (Wildman–Crippen MR) is 95.5 cm³/mol. The number of allylic oxidation sites excluding steroid dienone is 4. The first-order valence-corrected chi connectivity index (χ1v) is 8.37. The summed E-state index contributed by atoms with van der Waals surface area (Å²) in [5, 5.41) is 0. The molecule has 2 aliphatic carbocycles. The normalized spacial score (nSPS) is 16.5. The van der Waals surface area contributed by atoms with Crippen LogP contribution in [-0.2, 0) is 22.4 Å². The van der Waals surface area contributed by atoms with Gasteiger partial charge in [0.15, 0.2) is 0 Å². The first kappa shape index (κ1) is 14.8. The smallest absolute Gasteiger partial charge is 0.146 e. The SMILES string of the molecule is O=CC1=C(C2=C(C=O)CCc3ccccc32)c2ccccc2CC1. The fourth-order valence-corrected chi connectivity index (χ4v) is 3.93. The van der Waals surface area contributed by atoms with Crippen LogP contribution in [0.15, 0.2) is 59.7 Å². The first-order valence-electron chi connectivity index (χ1n) is 8.37. The van der Waals surface area contributed by atoms with E-state index in [0.29, 0.717) is 0 Å². The Labute approximate surface area is 141 Å². The molecule has 0 heterocycles. The van der Waals surface area contributed by atoms with E-state index < -0.39 is 0 Å². The summed E-state index contributed by atoms with van der Waals surface area (Å²) in [4.78, 5) is 23.5. The number of aldehydes is 2. The summed E-state index contributed by atoms with van der Waals surface area (Å²) >= 11 is 0. The molecule has 0 fully saturated rings. The number of hydrogen-bond acceptors (Lipinski definition) is 2. The number of fused-ring (bicyclic) bond motifs is 2. The minimum atomic E-state index is 0.730. The van der Waals surface area contributed by atoms with Crippen molar-refractivity contribution in [1.82, 2.24) is 0 Å². The van der Waals surface area contributed by atoms with Gasteiger partial charge in [-0.15, -0.1) is 0 Å². The van der Waals surface area contributed by atoms with Crippen molar-refractivity contribution in [2.24, 2.45) is 0 Å². The maximum absolute atomic E-state index is 11.8. The van der Waals surface area contributed by atoms with E-state index in [9.17, 15) is 9.59 Å². The molecule has 0 aromatic heterocycles. The van der Waals surface area contributed by atoms with Crippen molar-refractivity contribution in [2.45, 2.75) is 25.7 Å².